The molecule has 3 nitrogen and oxygen atoms in total. The van der Waals surface area contributed by atoms with Gasteiger partial charge in [-0.05, 0) is 28.8 Å². The Balaban J connectivity index is 1.83. The lowest BCUT2D eigenvalue weighted by atomic mass is 10.3. The Hall–Kier alpha value is -0.560. The van der Waals surface area contributed by atoms with Gasteiger partial charge in [-0.1, -0.05) is 12.8 Å². The third kappa shape index (κ3) is 4.49. The number of ether oxygens (including phenoxy) is 1. The molecule has 1 aliphatic carbocycles. The predicted molar refractivity (Wildman–Crippen MR) is 67.8 cm³/mol. The normalized spacial score (nSPS) is 17.3. The lowest BCUT2D eigenvalue weighted by Crippen LogP contribution is -2.12. The predicted octanol–water partition coefficient (Wildman–Crippen LogP) is 4.23. The number of halogens is 4. The summed E-state index contributed by atoms with van der Waals surface area (Å²) < 4.78 is 43.6. The Labute approximate surface area is 118 Å². The van der Waals surface area contributed by atoms with Crippen LogP contribution in [-0.4, -0.2) is 22.6 Å². The molecule has 0 spiro atoms. The second-order valence-electron chi connectivity index (χ2n) is 4.76. The average Bonchev–Trinajstić information content (AvgIpc) is 2.92. The monoisotopic (exact) mass is 340 g/mol. The summed E-state index contributed by atoms with van der Waals surface area (Å²) in [4.78, 5) is 0. The Kier molecular flexibility index (Phi) is 4.89. The van der Waals surface area contributed by atoms with Gasteiger partial charge in [0.05, 0.1) is 30.1 Å². The highest BCUT2D eigenvalue weighted by Crippen LogP contribution is 2.30. The fourth-order valence-electron chi connectivity index (χ4n) is 2.22. The topological polar surface area (TPSA) is 27.1 Å². The van der Waals surface area contributed by atoms with Gasteiger partial charge in [-0.15, -0.1) is 0 Å². The van der Waals surface area contributed by atoms with Crippen molar-refractivity contribution in [2.45, 2.75) is 50.9 Å². The van der Waals surface area contributed by atoms with Gasteiger partial charge in [-0.2, -0.15) is 18.3 Å². The van der Waals surface area contributed by atoms with E-state index in [2.05, 4.69) is 21.0 Å². The van der Waals surface area contributed by atoms with E-state index in [1.54, 1.807) is 0 Å². The summed E-state index contributed by atoms with van der Waals surface area (Å²) in [7, 11) is 0. The fraction of sp³-hybridized carbons (Fsp3) is 0.750. The molecular weight excluding hydrogens is 325 g/mol. The summed E-state index contributed by atoms with van der Waals surface area (Å²) in [5.41, 5.74) is 0.661. The number of aromatic nitrogens is 2. The Morgan fingerprint density at radius 3 is 2.68 bits per heavy atom. The molecule has 1 aromatic heterocycles. The first-order valence-electron chi connectivity index (χ1n) is 6.34. The van der Waals surface area contributed by atoms with Gasteiger partial charge in [-0.25, -0.2) is 0 Å². The standard InChI is InChI=1S/C12H16BrF3N2O/c13-10-7-18(9-3-1-2-4-9)17-11(10)8-19-6-5-12(14,15)16/h7,9H,1-6,8H2. The maximum Gasteiger partial charge on any atom is 0.391 e. The highest BCUT2D eigenvalue weighted by Gasteiger charge is 2.26. The smallest absolute Gasteiger partial charge is 0.375 e. The molecule has 2 rings (SSSR count). The third-order valence-electron chi connectivity index (χ3n) is 3.22. The highest BCUT2D eigenvalue weighted by atomic mass is 79.9. The van der Waals surface area contributed by atoms with E-state index in [1.807, 2.05) is 10.9 Å². The van der Waals surface area contributed by atoms with Crippen LogP contribution < -0.4 is 0 Å². The lowest BCUT2D eigenvalue weighted by Gasteiger charge is -2.09. The first kappa shape index (κ1) is 14.8. The van der Waals surface area contributed by atoms with Crippen LogP contribution in [0.15, 0.2) is 10.7 Å². The number of hydrogen-bond acceptors (Lipinski definition) is 2. The van der Waals surface area contributed by atoms with Crippen molar-refractivity contribution in [3.05, 3.63) is 16.4 Å². The zero-order valence-corrected chi connectivity index (χ0v) is 12.0. The fourth-order valence-corrected chi connectivity index (χ4v) is 2.62. The van der Waals surface area contributed by atoms with Crippen molar-refractivity contribution in [2.75, 3.05) is 6.61 Å². The van der Waals surface area contributed by atoms with Gasteiger partial charge < -0.3 is 4.74 Å². The van der Waals surface area contributed by atoms with Gasteiger partial charge in [0, 0.05) is 6.20 Å². The SMILES string of the molecule is FC(F)(F)CCOCc1nn(C2CCCC2)cc1Br. The molecule has 1 saturated carbocycles. The van der Waals surface area contributed by atoms with E-state index < -0.39 is 12.6 Å². The van der Waals surface area contributed by atoms with Crippen molar-refractivity contribution in [1.29, 1.82) is 0 Å². The number of alkyl halides is 3. The Morgan fingerprint density at radius 1 is 1.37 bits per heavy atom. The molecule has 1 aromatic rings. The van der Waals surface area contributed by atoms with E-state index in [0.29, 0.717) is 11.7 Å². The molecule has 1 aliphatic rings. The van der Waals surface area contributed by atoms with Crippen LogP contribution >= 0.6 is 15.9 Å². The van der Waals surface area contributed by atoms with Gasteiger partial charge in [0.15, 0.2) is 0 Å². The first-order chi connectivity index (χ1) is 8.96. The van der Waals surface area contributed by atoms with Crippen molar-refractivity contribution < 1.29 is 17.9 Å². The molecule has 19 heavy (non-hydrogen) atoms. The molecule has 1 fully saturated rings. The van der Waals surface area contributed by atoms with Gasteiger partial charge in [0.2, 0.25) is 0 Å². The summed E-state index contributed by atoms with van der Waals surface area (Å²) >= 11 is 3.37. The van der Waals surface area contributed by atoms with Gasteiger partial charge in [0.1, 0.15) is 5.69 Å². The van der Waals surface area contributed by atoms with E-state index >= 15 is 0 Å². The molecule has 0 unspecified atom stereocenters. The molecule has 0 amide bonds. The lowest BCUT2D eigenvalue weighted by molar-refractivity contribution is -0.146. The number of hydrogen-bond donors (Lipinski definition) is 0. The van der Waals surface area contributed by atoms with Crippen molar-refractivity contribution in [2.24, 2.45) is 0 Å². The van der Waals surface area contributed by atoms with Crippen molar-refractivity contribution in [3.63, 3.8) is 0 Å². The summed E-state index contributed by atoms with van der Waals surface area (Å²) in [6, 6.07) is 0.417. The van der Waals surface area contributed by atoms with E-state index in [0.717, 1.165) is 17.3 Å². The molecule has 0 N–H and O–H groups in total. The summed E-state index contributed by atoms with van der Waals surface area (Å²) in [5.74, 6) is 0. The van der Waals surface area contributed by atoms with Crippen LogP contribution in [0.1, 0.15) is 43.8 Å². The first-order valence-corrected chi connectivity index (χ1v) is 7.13. The molecule has 0 bridgehead atoms. The molecule has 7 heteroatoms. The maximum atomic E-state index is 12.0. The van der Waals surface area contributed by atoms with Crippen LogP contribution in [0.4, 0.5) is 13.2 Å². The molecule has 0 radical (unpaired) electrons. The Bertz CT molecular complexity index is 414. The molecular formula is C12H16BrF3N2O. The molecule has 0 aliphatic heterocycles. The zero-order chi connectivity index (χ0) is 13.9. The third-order valence-corrected chi connectivity index (χ3v) is 3.89. The van der Waals surface area contributed by atoms with Crippen LogP contribution in [0.5, 0.6) is 0 Å². The van der Waals surface area contributed by atoms with Crippen LogP contribution in [0.3, 0.4) is 0 Å². The van der Waals surface area contributed by atoms with Crippen LogP contribution in [0, 0.1) is 0 Å². The molecule has 0 aromatic carbocycles. The van der Waals surface area contributed by atoms with E-state index in [-0.39, 0.29) is 13.2 Å². The largest absolute Gasteiger partial charge is 0.391 e. The molecule has 1 heterocycles. The molecule has 0 atom stereocenters. The minimum absolute atomic E-state index is 0.108. The van der Waals surface area contributed by atoms with Crippen LogP contribution in [0.2, 0.25) is 0 Å². The van der Waals surface area contributed by atoms with Crippen molar-refractivity contribution in [1.82, 2.24) is 9.78 Å². The number of rotatable bonds is 5. The molecule has 0 saturated heterocycles. The summed E-state index contributed by atoms with van der Waals surface area (Å²) in [6.45, 7) is -0.220. The van der Waals surface area contributed by atoms with Gasteiger partial charge in [0.25, 0.3) is 0 Å². The van der Waals surface area contributed by atoms with E-state index in [1.165, 1.54) is 12.8 Å². The second kappa shape index (κ2) is 6.26. The second-order valence-corrected chi connectivity index (χ2v) is 5.61. The minimum Gasteiger partial charge on any atom is -0.375 e. The highest BCUT2D eigenvalue weighted by molar-refractivity contribution is 9.10. The quantitative estimate of drug-likeness (QED) is 0.750. The van der Waals surface area contributed by atoms with Crippen molar-refractivity contribution >= 4 is 15.9 Å². The maximum absolute atomic E-state index is 12.0. The summed E-state index contributed by atoms with van der Waals surface area (Å²) in [6.07, 6.45) is 1.44. The minimum atomic E-state index is -4.17. The van der Waals surface area contributed by atoms with Crippen LogP contribution in [0.25, 0.3) is 0 Å². The van der Waals surface area contributed by atoms with Crippen molar-refractivity contribution in [3.8, 4) is 0 Å². The van der Waals surface area contributed by atoms with Gasteiger partial charge >= 0.3 is 6.18 Å². The van der Waals surface area contributed by atoms with E-state index in [4.69, 9.17) is 4.74 Å². The Morgan fingerprint density at radius 2 is 2.05 bits per heavy atom. The number of nitrogens with zero attached hydrogens (tertiary/aromatic N) is 2. The zero-order valence-electron chi connectivity index (χ0n) is 10.4. The average molecular weight is 341 g/mol. The summed E-state index contributed by atoms with van der Waals surface area (Å²) in [5, 5.41) is 4.39. The van der Waals surface area contributed by atoms with E-state index in [9.17, 15) is 13.2 Å². The molecule has 108 valence electrons. The van der Waals surface area contributed by atoms with Crippen LogP contribution in [-0.2, 0) is 11.3 Å². The van der Waals surface area contributed by atoms with Gasteiger partial charge in [-0.3, -0.25) is 4.68 Å².